The molecule has 13 heavy (non-hydrogen) atoms. The molecule has 0 aromatic carbocycles. The van der Waals surface area contributed by atoms with Gasteiger partial charge in [0.1, 0.15) is 0 Å². The Morgan fingerprint density at radius 3 is 2.46 bits per heavy atom. The lowest BCUT2D eigenvalue weighted by molar-refractivity contribution is -0.130. The molecule has 0 bridgehead atoms. The predicted molar refractivity (Wildman–Crippen MR) is 42.9 cm³/mol. The van der Waals surface area contributed by atoms with E-state index in [1.54, 1.807) is 6.92 Å². The fourth-order valence-electron chi connectivity index (χ4n) is 1.49. The second-order valence-corrected chi connectivity index (χ2v) is 3.28. The summed E-state index contributed by atoms with van der Waals surface area (Å²) in [6.45, 7) is 1.71. The Labute approximate surface area is 75.5 Å². The summed E-state index contributed by atoms with van der Waals surface area (Å²) in [6.07, 6.45) is -1.89. The molecule has 4 atom stereocenters. The van der Waals surface area contributed by atoms with Gasteiger partial charge in [0.25, 0.3) is 0 Å². The van der Waals surface area contributed by atoms with E-state index in [1.165, 1.54) is 5.48 Å². The zero-order valence-electron chi connectivity index (χ0n) is 7.27. The molecule has 6 nitrogen and oxygen atoms in total. The molecule has 1 rings (SSSR count). The summed E-state index contributed by atoms with van der Waals surface area (Å²) in [5.74, 6) is -0.585. The van der Waals surface area contributed by atoms with E-state index in [4.69, 9.17) is 5.21 Å². The van der Waals surface area contributed by atoms with Crippen LogP contribution in [0.15, 0.2) is 0 Å². The quantitative estimate of drug-likeness (QED) is 0.255. The molecular weight excluding hydrogens is 176 g/mol. The Kier molecular flexibility index (Phi) is 3.21. The smallest absolute Gasteiger partial charge is 0.245 e. The van der Waals surface area contributed by atoms with Gasteiger partial charge in [-0.25, -0.2) is 5.48 Å². The fraction of sp³-hybridized carbons (Fsp3) is 0.857. The standard InChI is InChI=1S/C7H14N2O4/c1-3-6(11)7(12)4(8-3)2-5(10)9-13/h3-4,6-8,11-13H,2H2,1H3,(H,9,10)/t3-,4-,6+,7-/m0/s1. The third-order valence-corrected chi connectivity index (χ3v) is 2.28. The first-order valence-corrected chi connectivity index (χ1v) is 4.11. The van der Waals surface area contributed by atoms with E-state index >= 15 is 0 Å². The van der Waals surface area contributed by atoms with E-state index in [1.807, 2.05) is 0 Å². The van der Waals surface area contributed by atoms with Crippen molar-refractivity contribution < 1.29 is 20.2 Å². The van der Waals surface area contributed by atoms with Crippen LogP contribution in [0.3, 0.4) is 0 Å². The van der Waals surface area contributed by atoms with E-state index in [0.29, 0.717) is 0 Å². The normalized spacial score (nSPS) is 39.1. The van der Waals surface area contributed by atoms with Gasteiger partial charge in [-0.1, -0.05) is 0 Å². The van der Waals surface area contributed by atoms with E-state index in [9.17, 15) is 15.0 Å². The van der Waals surface area contributed by atoms with Crippen molar-refractivity contribution in [1.29, 1.82) is 0 Å². The Balaban J connectivity index is 2.49. The van der Waals surface area contributed by atoms with Crippen LogP contribution in [0.5, 0.6) is 0 Å². The minimum absolute atomic E-state index is 0.0565. The predicted octanol–water partition coefficient (Wildman–Crippen LogP) is -2.04. The summed E-state index contributed by atoms with van der Waals surface area (Å²) < 4.78 is 0. The lowest BCUT2D eigenvalue weighted by Crippen LogP contribution is -2.37. The van der Waals surface area contributed by atoms with Crippen LogP contribution in [-0.2, 0) is 4.79 Å². The number of rotatable bonds is 2. The van der Waals surface area contributed by atoms with Crippen molar-refractivity contribution in [3.05, 3.63) is 0 Å². The van der Waals surface area contributed by atoms with E-state index in [-0.39, 0.29) is 12.5 Å². The zero-order chi connectivity index (χ0) is 10.0. The Bertz CT molecular complexity index is 199. The summed E-state index contributed by atoms with van der Waals surface area (Å²) in [4.78, 5) is 10.7. The number of carbonyl (C=O) groups excluding carboxylic acids is 1. The number of hydrogen-bond donors (Lipinski definition) is 5. The molecule has 0 unspecified atom stereocenters. The SMILES string of the molecule is C[C@@H]1N[C@@H](CC(=O)NO)[C@H](O)[C@@H]1O. The first-order chi connectivity index (χ1) is 6.06. The van der Waals surface area contributed by atoms with Crippen LogP contribution in [-0.4, -0.2) is 45.6 Å². The Morgan fingerprint density at radius 1 is 1.46 bits per heavy atom. The molecule has 5 N–H and O–H groups in total. The minimum Gasteiger partial charge on any atom is -0.389 e. The van der Waals surface area contributed by atoms with Crippen LogP contribution in [0, 0.1) is 0 Å². The molecule has 1 fully saturated rings. The first kappa shape index (κ1) is 10.4. The number of carbonyl (C=O) groups is 1. The summed E-state index contributed by atoms with van der Waals surface area (Å²) in [5.41, 5.74) is 1.47. The lowest BCUT2D eigenvalue weighted by Gasteiger charge is -2.13. The minimum atomic E-state index is -0.965. The van der Waals surface area contributed by atoms with Gasteiger partial charge < -0.3 is 15.5 Å². The lowest BCUT2D eigenvalue weighted by atomic mass is 10.1. The van der Waals surface area contributed by atoms with Crippen molar-refractivity contribution >= 4 is 5.91 Å². The van der Waals surface area contributed by atoms with Gasteiger partial charge >= 0.3 is 0 Å². The average Bonchev–Trinajstić information content (AvgIpc) is 2.34. The molecule has 0 aliphatic carbocycles. The highest BCUT2D eigenvalue weighted by Gasteiger charge is 2.39. The van der Waals surface area contributed by atoms with Gasteiger partial charge in [0, 0.05) is 18.5 Å². The molecule has 0 aromatic heterocycles. The molecular formula is C7H14N2O4. The maximum Gasteiger partial charge on any atom is 0.245 e. The van der Waals surface area contributed by atoms with Gasteiger partial charge in [-0.3, -0.25) is 10.0 Å². The van der Waals surface area contributed by atoms with Gasteiger partial charge in [-0.2, -0.15) is 0 Å². The third kappa shape index (κ3) is 2.16. The number of amides is 1. The molecule has 0 aromatic rings. The van der Waals surface area contributed by atoms with Gasteiger partial charge in [-0.15, -0.1) is 0 Å². The molecule has 0 radical (unpaired) electrons. The summed E-state index contributed by atoms with van der Waals surface area (Å²) in [7, 11) is 0. The van der Waals surface area contributed by atoms with Gasteiger partial charge in [0.05, 0.1) is 12.2 Å². The molecule has 1 heterocycles. The largest absolute Gasteiger partial charge is 0.389 e. The fourth-order valence-corrected chi connectivity index (χ4v) is 1.49. The molecule has 0 saturated carbocycles. The van der Waals surface area contributed by atoms with Crippen molar-refractivity contribution in [3.63, 3.8) is 0 Å². The Hall–Kier alpha value is -0.690. The van der Waals surface area contributed by atoms with Crippen molar-refractivity contribution in [1.82, 2.24) is 10.8 Å². The van der Waals surface area contributed by atoms with Crippen LogP contribution in [0.25, 0.3) is 0 Å². The van der Waals surface area contributed by atoms with E-state index in [2.05, 4.69) is 5.32 Å². The summed E-state index contributed by atoms with van der Waals surface area (Å²) >= 11 is 0. The second-order valence-electron chi connectivity index (χ2n) is 3.28. The Morgan fingerprint density at radius 2 is 2.08 bits per heavy atom. The van der Waals surface area contributed by atoms with Crippen molar-refractivity contribution in [2.24, 2.45) is 0 Å². The highest BCUT2D eigenvalue weighted by molar-refractivity contribution is 5.75. The molecule has 1 saturated heterocycles. The second kappa shape index (κ2) is 4.01. The van der Waals surface area contributed by atoms with Crippen LogP contribution in [0.4, 0.5) is 0 Å². The van der Waals surface area contributed by atoms with Gasteiger partial charge in [0.2, 0.25) is 5.91 Å². The molecule has 6 heteroatoms. The molecule has 0 spiro atoms. The van der Waals surface area contributed by atoms with E-state index < -0.39 is 24.2 Å². The molecule has 1 amide bonds. The van der Waals surface area contributed by atoms with Gasteiger partial charge in [0.15, 0.2) is 0 Å². The first-order valence-electron chi connectivity index (χ1n) is 4.11. The zero-order valence-corrected chi connectivity index (χ0v) is 7.27. The van der Waals surface area contributed by atoms with Crippen LogP contribution >= 0.6 is 0 Å². The number of aliphatic hydroxyl groups excluding tert-OH is 2. The topological polar surface area (TPSA) is 102 Å². The highest BCUT2D eigenvalue weighted by atomic mass is 16.5. The third-order valence-electron chi connectivity index (χ3n) is 2.28. The van der Waals surface area contributed by atoms with Gasteiger partial charge in [-0.05, 0) is 6.92 Å². The number of hydrogen-bond acceptors (Lipinski definition) is 5. The highest BCUT2D eigenvalue weighted by Crippen LogP contribution is 2.16. The van der Waals surface area contributed by atoms with Crippen LogP contribution < -0.4 is 10.8 Å². The maximum atomic E-state index is 10.7. The number of aliphatic hydroxyl groups is 2. The molecule has 1 aliphatic heterocycles. The van der Waals surface area contributed by atoms with E-state index in [0.717, 1.165) is 0 Å². The number of hydroxylamine groups is 1. The number of nitrogens with one attached hydrogen (secondary N) is 2. The average molecular weight is 190 g/mol. The molecule has 1 aliphatic rings. The van der Waals surface area contributed by atoms with Crippen molar-refractivity contribution in [2.45, 2.75) is 37.6 Å². The molecule has 76 valence electrons. The van der Waals surface area contributed by atoms with Crippen LogP contribution in [0.2, 0.25) is 0 Å². The monoisotopic (exact) mass is 190 g/mol. The van der Waals surface area contributed by atoms with Crippen LogP contribution in [0.1, 0.15) is 13.3 Å². The van der Waals surface area contributed by atoms with Crippen molar-refractivity contribution in [3.8, 4) is 0 Å². The summed E-state index contributed by atoms with van der Waals surface area (Å²) in [6, 6.07) is -0.747. The van der Waals surface area contributed by atoms with Crippen molar-refractivity contribution in [2.75, 3.05) is 0 Å². The summed E-state index contributed by atoms with van der Waals surface area (Å²) in [5, 5.41) is 29.8. The maximum absolute atomic E-state index is 10.7.